The quantitative estimate of drug-likeness (QED) is 0.798. The summed E-state index contributed by atoms with van der Waals surface area (Å²) in [6, 6.07) is 14.8. The van der Waals surface area contributed by atoms with Gasteiger partial charge in [0.05, 0.1) is 16.5 Å². The summed E-state index contributed by atoms with van der Waals surface area (Å²) in [4.78, 5) is 0.184. The molecule has 0 bridgehead atoms. The maximum absolute atomic E-state index is 13.4. The van der Waals surface area contributed by atoms with Gasteiger partial charge in [0.1, 0.15) is 0 Å². The maximum Gasteiger partial charge on any atom is 0.243 e. The van der Waals surface area contributed by atoms with Crippen LogP contribution in [0.4, 0.5) is 0 Å². The van der Waals surface area contributed by atoms with E-state index in [1.807, 2.05) is 0 Å². The Morgan fingerprint density at radius 3 is 2.37 bits per heavy atom. The fourth-order valence-corrected chi connectivity index (χ4v) is 5.43. The van der Waals surface area contributed by atoms with E-state index in [4.69, 9.17) is 16.9 Å². The smallest absolute Gasteiger partial charge is 0.243 e. The first-order chi connectivity index (χ1) is 13.0. The molecule has 1 fully saturated rings. The second-order valence-electron chi connectivity index (χ2n) is 6.75. The van der Waals surface area contributed by atoms with E-state index in [2.05, 4.69) is 6.07 Å². The maximum atomic E-state index is 13.4. The van der Waals surface area contributed by atoms with Gasteiger partial charge in [-0.05, 0) is 60.7 Å². The predicted molar refractivity (Wildman–Crippen MR) is 104 cm³/mol. The Hall–Kier alpha value is -1.91. The number of nitrogens with zero attached hydrogens (tertiary/aromatic N) is 2. The summed E-state index contributed by atoms with van der Waals surface area (Å²) in [5, 5.41) is 19.1. The van der Waals surface area contributed by atoms with E-state index in [0.717, 1.165) is 18.4 Å². The van der Waals surface area contributed by atoms with Gasteiger partial charge < -0.3 is 5.11 Å². The van der Waals surface area contributed by atoms with Crippen molar-refractivity contribution in [3.8, 4) is 6.07 Å². The molecule has 5 nitrogen and oxygen atoms in total. The lowest BCUT2D eigenvalue weighted by Crippen LogP contribution is -2.42. The minimum atomic E-state index is -3.76. The fraction of sp³-hybridized carbons (Fsp3) is 0.350. The monoisotopic (exact) mass is 404 g/mol. The van der Waals surface area contributed by atoms with E-state index in [9.17, 15) is 13.5 Å². The van der Waals surface area contributed by atoms with Crippen molar-refractivity contribution in [2.75, 3.05) is 6.61 Å². The van der Waals surface area contributed by atoms with E-state index in [-0.39, 0.29) is 30.0 Å². The van der Waals surface area contributed by atoms with Gasteiger partial charge in [-0.3, -0.25) is 0 Å². The summed E-state index contributed by atoms with van der Waals surface area (Å²) >= 11 is 5.90. The van der Waals surface area contributed by atoms with Gasteiger partial charge in [0, 0.05) is 24.2 Å². The average Bonchev–Trinajstić information content (AvgIpc) is 3.15. The van der Waals surface area contributed by atoms with Crippen molar-refractivity contribution in [3.63, 3.8) is 0 Å². The Labute approximate surface area is 164 Å². The summed E-state index contributed by atoms with van der Waals surface area (Å²) in [6.07, 6.45) is 2.41. The van der Waals surface area contributed by atoms with E-state index in [1.165, 1.54) is 16.4 Å². The number of aliphatic hydroxyl groups is 1. The summed E-state index contributed by atoms with van der Waals surface area (Å²) in [6.45, 7) is 0.155. The van der Waals surface area contributed by atoms with Crippen molar-refractivity contribution in [3.05, 3.63) is 64.7 Å². The first-order valence-electron chi connectivity index (χ1n) is 8.83. The molecule has 0 amide bonds. The van der Waals surface area contributed by atoms with Gasteiger partial charge in [0.25, 0.3) is 0 Å². The Morgan fingerprint density at radius 2 is 1.78 bits per heavy atom. The molecule has 3 rings (SSSR count). The van der Waals surface area contributed by atoms with E-state index in [1.54, 1.807) is 36.4 Å². The Bertz CT molecular complexity index is 921. The van der Waals surface area contributed by atoms with Crippen LogP contribution in [-0.2, 0) is 16.6 Å². The molecule has 2 aromatic rings. The third kappa shape index (κ3) is 4.33. The van der Waals surface area contributed by atoms with Crippen LogP contribution in [0.15, 0.2) is 53.4 Å². The van der Waals surface area contributed by atoms with E-state index >= 15 is 0 Å². The van der Waals surface area contributed by atoms with Gasteiger partial charge in [-0.25, -0.2) is 8.42 Å². The van der Waals surface area contributed by atoms with Gasteiger partial charge in [-0.2, -0.15) is 9.57 Å². The van der Waals surface area contributed by atoms with Crippen molar-refractivity contribution in [2.24, 2.45) is 5.92 Å². The Morgan fingerprint density at radius 1 is 1.11 bits per heavy atom. The van der Waals surface area contributed by atoms with Crippen LogP contribution in [0, 0.1) is 17.2 Å². The SMILES string of the molecule is N#Cc1ccc(CN([C@H]2CCC[C@@H]2CO)S(=O)(=O)c2ccc(Cl)cc2)cc1. The average molecular weight is 405 g/mol. The van der Waals surface area contributed by atoms with Crippen molar-refractivity contribution in [1.82, 2.24) is 4.31 Å². The number of hydrogen-bond acceptors (Lipinski definition) is 4. The van der Waals surface area contributed by atoms with Crippen molar-refractivity contribution < 1.29 is 13.5 Å². The van der Waals surface area contributed by atoms with Crippen LogP contribution in [0.25, 0.3) is 0 Å². The van der Waals surface area contributed by atoms with Crippen LogP contribution >= 0.6 is 11.6 Å². The second kappa shape index (κ2) is 8.41. The molecule has 2 aromatic carbocycles. The molecule has 27 heavy (non-hydrogen) atoms. The molecule has 0 radical (unpaired) electrons. The van der Waals surface area contributed by atoms with Crippen molar-refractivity contribution in [1.29, 1.82) is 5.26 Å². The van der Waals surface area contributed by atoms with Gasteiger partial charge in [-0.1, -0.05) is 30.2 Å². The van der Waals surface area contributed by atoms with Crippen molar-refractivity contribution >= 4 is 21.6 Å². The lowest BCUT2D eigenvalue weighted by atomic mass is 10.0. The van der Waals surface area contributed by atoms with E-state index in [0.29, 0.717) is 17.0 Å². The molecule has 0 heterocycles. The molecule has 1 N–H and O–H groups in total. The summed E-state index contributed by atoms with van der Waals surface area (Å²) in [7, 11) is -3.76. The Kier molecular flexibility index (Phi) is 6.18. The highest BCUT2D eigenvalue weighted by molar-refractivity contribution is 7.89. The van der Waals surface area contributed by atoms with Crippen LogP contribution in [0.1, 0.15) is 30.4 Å². The van der Waals surface area contributed by atoms with Gasteiger partial charge in [-0.15, -0.1) is 0 Å². The molecule has 0 saturated heterocycles. The van der Waals surface area contributed by atoms with Gasteiger partial charge in [0.2, 0.25) is 10.0 Å². The first kappa shape index (κ1) is 19.8. The highest BCUT2D eigenvalue weighted by Gasteiger charge is 2.38. The molecule has 0 aliphatic heterocycles. The number of benzene rings is 2. The van der Waals surface area contributed by atoms with Crippen LogP contribution in [0.3, 0.4) is 0 Å². The molecule has 0 unspecified atom stereocenters. The number of halogens is 1. The van der Waals surface area contributed by atoms with Crippen LogP contribution < -0.4 is 0 Å². The fourth-order valence-electron chi connectivity index (χ4n) is 3.60. The lowest BCUT2D eigenvalue weighted by molar-refractivity contribution is 0.166. The molecular weight excluding hydrogens is 384 g/mol. The Balaban J connectivity index is 1.98. The predicted octanol–water partition coefficient (Wildman–Crippen LogP) is 3.56. The topological polar surface area (TPSA) is 81.4 Å². The number of hydrogen-bond donors (Lipinski definition) is 1. The lowest BCUT2D eigenvalue weighted by Gasteiger charge is -2.31. The minimum Gasteiger partial charge on any atom is -0.396 e. The number of nitriles is 1. The second-order valence-corrected chi connectivity index (χ2v) is 9.08. The highest BCUT2D eigenvalue weighted by atomic mass is 35.5. The molecule has 0 spiro atoms. The largest absolute Gasteiger partial charge is 0.396 e. The number of rotatable bonds is 6. The summed E-state index contributed by atoms with van der Waals surface area (Å²) in [5.41, 5.74) is 1.33. The van der Waals surface area contributed by atoms with Gasteiger partial charge in [0.15, 0.2) is 0 Å². The van der Waals surface area contributed by atoms with Crippen LogP contribution in [0.2, 0.25) is 5.02 Å². The molecule has 1 aliphatic carbocycles. The standard InChI is InChI=1S/C20H21ClN2O3S/c21-18-8-10-19(11-9-18)27(25,26)23(20-3-1-2-17(20)14-24)13-16-6-4-15(12-22)5-7-16/h4-11,17,20,24H,1-3,13-14H2/t17-,20+/m1/s1. The summed E-state index contributed by atoms with van der Waals surface area (Å²) in [5.74, 6) is -0.0783. The van der Waals surface area contributed by atoms with Crippen LogP contribution in [0.5, 0.6) is 0 Å². The molecule has 2 atom stereocenters. The minimum absolute atomic E-state index is 0.0370. The zero-order valence-corrected chi connectivity index (χ0v) is 16.3. The van der Waals surface area contributed by atoms with Crippen molar-refractivity contribution in [2.45, 2.75) is 36.7 Å². The molecule has 7 heteroatoms. The third-order valence-corrected chi connectivity index (χ3v) is 7.20. The number of sulfonamides is 1. The van der Waals surface area contributed by atoms with Gasteiger partial charge >= 0.3 is 0 Å². The van der Waals surface area contributed by atoms with E-state index < -0.39 is 10.0 Å². The molecule has 1 aliphatic rings. The normalized spacial score (nSPS) is 19.9. The number of aliphatic hydroxyl groups excluding tert-OH is 1. The first-order valence-corrected chi connectivity index (χ1v) is 10.6. The highest BCUT2D eigenvalue weighted by Crippen LogP contribution is 2.34. The third-order valence-electron chi connectivity index (χ3n) is 5.07. The van der Waals surface area contributed by atoms with Crippen LogP contribution in [-0.4, -0.2) is 30.5 Å². The zero-order valence-electron chi connectivity index (χ0n) is 14.8. The zero-order chi connectivity index (χ0) is 19.4. The molecule has 142 valence electrons. The molecule has 1 saturated carbocycles. The molecule has 0 aromatic heterocycles. The summed E-state index contributed by atoms with van der Waals surface area (Å²) < 4.78 is 28.2. The molecular formula is C20H21ClN2O3S.